The Balaban J connectivity index is 1.75. The smallest absolute Gasteiger partial charge is 0.234 e. The molecule has 0 heterocycles. The van der Waals surface area contributed by atoms with Crippen LogP contribution < -0.4 is 4.90 Å². The molecule has 0 aliphatic carbocycles. The molecule has 0 aliphatic heterocycles. The number of nitrogens with zero attached hydrogens (tertiary/aromatic N) is 1. The maximum Gasteiger partial charge on any atom is 0.234 e. The van der Waals surface area contributed by atoms with Crippen molar-refractivity contribution < 1.29 is 4.79 Å². The van der Waals surface area contributed by atoms with Gasteiger partial charge in [0.2, 0.25) is 5.91 Å². The van der Waals surface area contributed by atoms with E-state index in [-0.39, 0.29) is 11.8 Å². The fourth-order valence-electron chi connectivity index (χ4n) is 3.71. The Morgan fingerprint density at radius 1 is 0.828 bits per heavy atom. The summed E-state index contributed by atoms with van der Waals surface area (Å²) in [6, 6.07) is 32.4. The van der Waals surface area contributed by atoms with E-state index in [1.807, 2.05) is 72.5 Å². The molecule has 1 unspecified atom stereocenters. The van der Waals surface area contributed by atoms with Crippen molar-refractivity contribution in [1.82, 2.24) is 0 Å². The molecule has 4 rings (SSSR count). The summed E-state index contributed by atoms with van der Waals surface area (Å²) in [5.41, 5.74) is 3.04. The Kier molecular flexibility index (Phi) is 5.77. The first-order chi connectivity index (χ1) is 14.1. The molecule has 29 heavy (non-hydrogen) atoms. The number of benzene rings is 4. The Morgan fingerprint density at radius 3 is 2.28 bits per heavy atom. The van der Waals surface area contributed by atoms with Gasteiger partial charge in [-0.1, -0.05) is 84.9 Å². The Labute approximate surface area is 179 Å². The number of carbonyl (C=O) groups excluding carboxylic acids is 1. The lowest BCUT2D eigenvalue weighted by Crippen LogP contribution is -2.34. The van der Waals surface area contributed by atoms with Crippen LogP contribution in [0.25, 0.3) is 10.8 Å². The van der Waals surface area contributed by atoms with Gasteiger partial charge in [0.05, 0.1) is 18.2 Å². The first-order valence-corrected chi connectivity index (χ1v) is 10.5. The lowest BCUT2D eigenvalue weighted by Gasteiger charge is -2.28. The highest BCUT2D eigenvalue weighted by Gasteiger charge is 2.26. The van der Waals surface area contributed by atoms with Crippen molar-refractivity contribution in [3.8, 4) is 0 Å². The van der Waals surface area contributed by atoms with Gasteiger partial charge in [0, 0.05) is 4.47 Å². The Bertz CT molecular complexity index is 1130. The quantitative estimate of drug-likeness (QED) is 0.327. The number of amides is 1. The molecule has 0 N–H and O–H groups in total. The van der Waals surface area contributed by atoms with Crippen LogP contribution in [0.2, 0.25) is 0 Å². The van der Waals surface area contributed by atoms with E-state index >= 15 is 0 Å². The van der Waals surface area contributed by atoms with Crippen LogP contribution in [0.1, 0.15) is 24.0 Å². The van der Waals surface area contributed by atoms with Crippen LogP contribution >= 0.6 is 15.9 Å². The fourth-order valence-corrected chi connectivity index (χ4v) is 4.21. The SMILES string of the molecule is CC(C(=O)N(Cc1ccccc1)c1ccccc1Br)c1cccc2ccccc12. The van der Waals surface area contributed by atoms with E-state index in [0.717, 1.165) is 32.1 Å². The van der Waals surface area contributed by atoms with Crippen molar-refractivity contribution in [3.63, 3.8) is 0 Å². The van der Waals surface area contributed by atoms with Crippen molar-refractivity contribution in [1.29, 1.82) is 0 Å². The van der Waals surface area contributed by atoms with Gasteiger partial charge in [0.25, 0.3) is 0 Å². The molecular weight excluding hydrogens is 422 g/mol. The van der Waals surface area contributed by atoms with Gasteiger partial charge >= 0.3 is 0 Å². The largest absolute Gasteiger partial charge is 0.306 e. The van der Waals surface area contributed by atoms with Crippen molar-refractivity contribution in [2.24, 2.45) is 0 Å². The van der Waals surface area contributed by atoms with E-state index < -0.39 is 0 Å². The van der Waals surface area contributed by atoms with Gasteiger partial charge < -0.3 is 4.90 Å². The van der Waals surface area contributed by atoms with E-state index in [1.54, 1.807) is 0 Å². The zero-order valence-corrected chi connectivity index (χ0v) is 17.8. The van der Waals surface area contributed by atoms with Crippen LogP contribution in [-0.4, -0.2) is 5.91 Å². The minimum Gasteiger partial charge on any atom is -0.306 e. The second kappa shape index (κ2) is 8.62. The molecule has 0 saturated carbocycles. The predicted octanol–water partition coefficient (Wildman–Crippen LogP) is 6.94. The number of hydrogen-bond acceptors (Lipinski definition) is 1. The number of carbonyl (C=O) groups is 1. The van der Waals surface area contributed by atoms with Crippen LogP contribution in [0.15, 0.2) is 102 Å². The minimum atomic E-state index is -0.267. The molecule has 2 nitrogen and oxygen atoms in total. The third-order valence-corrected chi connectivity index (χ3v) is 5.92. The number of hydrogen-bond donors (Lipinski definition) is 0. The van der Waals surface area contributed by atoms with Gasteiger partial charge in [0.1, 0.15) is 0 Å². The van der Waals surface area contributed by atoms with Crippen molar-refractivity contribution in [2.45, 2.75) is 19.4 Å². The van der Waals surface area contributed by atoms with Crippen LogP contribution in [0.3, 0.4) is 0 Å². The molecule has 0 saturated heterocycles. The van der Waals surface area contributed by atoms with Crippen molar-refractivity contribution in [3.05, 3.63) is 113 Å². The Hall–Kier alpha value is -2.91. The molecule has 0 aliphatic rings. The topological polar surface area (TPSA) is 20.3 Å². The molecule has 0 spiro atoms. The molecule has 1 atom stereocenters. The zero-order chi connectivity index (χ0) is 20.2. The summed E-state index contributed by atoms with van der Waals surface area (Å²) < 4.78 is 0.911. The third-order valence-electron chi connectivity index (χ3n) is 5.25. The highest BCUT2D eigenvalue weighted by atomic mass is 79.9. The molecule has 0 bridgehead atoms. The van der Waals surface area contributed by atoms with Crippen LogP contribution in [0.4, 0.5) is 5.69 Å². The molecule has 4 aromatic carbocycles. The normalized spacial score (nSPS) is 11.9. The van der Waals surface area contributed by atoms with Gasteiger partial charge in [-0.25, -0.2) is 0 Å². The minimum absolute atomic E-state index is 0.0807. The molecule has 4 aromatic rings. The molecule has 144 valence electrons. The summed E-state index contributed by atoms with van der Waals surface area (Å²) in [6.07, 6.45) is 0. The predicted molar refractivity (Wildman–Crippen MR) is 124 cm³/mol. The van der Waals surface area contributed by atoms with E-state index in [2.05, 4.69) is 52.3 Å². The first kappa shape index (κ1) is 19.4. The van der Waals surface area contributed by atoms with Gasteiger partial charge in [-0.05, 0) is 56.9 Å². The fraction of sp³-hybridized carbons (Fsp3) is 0.115. The summed E-state index contributed by atoms with van der Waals surface area (Å²) in [5, 5.41) is 2.28. The zero-order valence-electron chi connectivity index (χ0n) is 16.3. The van der Waals surface area contributed by atoms with Crippen LogP contribution in [0, 0.1) is 0 Å². The van der Waals surface area contributed by atoms with Gasteiger partial charge in [-0.3, -0.25) is 4.79 Å². The molecule has 0 radical (unpaired) electrons. The summed E-state index contributed by atoms with van der Waals surface area (Å²) in [6.45, 7) is 2.52. The highest BCUT2D eigenvalue weighted by molar-refractivity contribution is 9.10. The molecule has 0 aromatic heterocycles. The molecule has 0 fully saturated rings. The third kappa shape index (κ3) is 4.10. The van der Waals surface area contributed by atoms with E-state index in [9.17, 15) is 4.79 Å². The van der Waals surface area contributed by atoms with Crippen molar-refractivity contribution >= 4 is 38.3 Å². The average Bonchev–Trinajstić information content (AvgIpc) is 2.77. The van der Waals surface area contributed by atoms with Crippen LogP contribution in [0.5, 0.6) is 0 Å². The first-order valence-electron chi connectivity index (χ1n) is 9.72. The monoisotopic (exact) mass is 443 g/mol. The van der Waals surface area contributed by atoms with Gasteiger partial charge in [-0.15, -0.1) is 0 Å². The van der Waals surface area contributed by atoms with Gasteiger partial charge in [-0.2, -0.15) is 0 Å². The van der Waals surface area contributed by atoms with E-state index in [0.29, 0.717) is 6.54 Å². The van der Waals surface area contributed by atoms with Gasteiger partial charge in [0.15, 0.2) is 0 Å². The summed E-state index contributed by atoms with van der Waals surface area (Å²) in [4.78, 5) is 15.6. The summed E-state index contributed by atoms with van der Waals surface area (Å²) in [7, 11) is 0. The van der Waals surface area contributed by atoms with Crippen LogP contribution in [-0.2, 0) is 11.3 Å². The molecule has 3 heteroatoms. The molecular formula is C26H22BrNO. The lowest BCUT2D eigenvalue weighted by molar-refractivity contribution is -0.119. The maximum absolute atomic E-state index is 13.7. The Morgan fingerprint density at radius 2 is 1.48 bits per heavy atom. The number of anilines is 1. The maximum atomic E-state index is 13.7. The van der Waals surface area contributed by atoms with E-state index in [1.165, 1.54) is 0 Å². The van der Waals surface area contributed by atoms with E-state index in [4.69, 9.17) is 0 Å². The number of fused-ring (bicyclic) bond motifs is 1. The standard InChI is InChI=1S/C26H22BrNO/c1-19(22-15-9-13-21-12-5-6-14-23(21)22)26(29)28(18-20-10-3-2-4-11-20)25-17-8-7-16-24(25)27/h2-17,19H,18H2,1H3. The average molecular weight is 444 g/mol. The number of halogens is 1. The number of rotatable bonds is 5. The van der Waals surface area contributed by atoms with Crippen molar-refractivity contribution in [2.75, 3.05) is 4.90 Å². The number of para-hydroxylation sites is 1. The second-order valence-electron chi connectivity index (χ2n) is 7.15. The second-order valence-corrected chi connectivity index (χ2v) is 8.01. The summed E-state index contributed by atoms with van der Waals surface area (Å²) in [5.74, 6) is -0.186. The summed E-state index contributed by atoms with van der Waals surface area (Å²) >= 11 is 3.63. The highest BCUT2D eigenvalue weighted by Crippen LogP contribution is 2.32. The lowest BCUT2D eigenvalue weighted by atomic mass is 9.93. The molecule has 1 amide bonds.